The smallest absolute Gasteiger partial charge is 0.306 e. The quantitative estimate of drug-likeness (QED) is 0.0357. The van der Waals surface area contributed by atoms with Crippen molar-refractivity contribution in [2.75, 3.05) is 13.2 Å². The Bertz CT molecular complexity index is 779. The first-order valence-corrected chi connectivity index (χ1v) is 22.2. The summed E-state index contributed by atoms with van der Waals surface area (Å²) in [7, 11) is 0. The van der Waals surface area contributed by atoms with E-state index in [1.165, 1.54) is 122 Å². The van der Waals surface area contributed by atoms with Crippen molar-refractivity contribution in [2.24, 2.45) is 11.8 Å². The first-order valence-electron chi connectivity index (χ1n) is 22.2. The first-order chi connectivity index (χ1) is 24.7. The topological polar surface area (TPSA) is 78.9 Å². The van der Waals surface area contributed by atoms with Crippen LogP contribution in [0.1, 0.15) is 240 Å². The fraction of sp³-hybridized carbons (Fsp3) is 0.933. The molecule has 1 atom stereocenters. The van der Waals surface area contributed by atoms with Crippen LogP contribution in [0.2, 0.25) is 0 Å². The highest BCUT2D eigenvalue weighted by molar-refractivity contribution is 5.71. The van der Waals surface area contributed by atoms with Crippen molar-refractivity contribution in [3.8, 4) is 0 Å². The molecule has 6 heteroatoms. The number of esters is 3. The lowest BCUT2D eigenvalue weighted by atomic mass is 10.0. The third-order valence-electron chi connectivity index (χ3n) is 9.97. The van der Waals surface area contributed by atoms with Crippen LogP contribution in [0.4, 0.5) is 0 Å². The maximum atomic E-state index is 12.6. The Hall–Kier alpha value is -1.59. The minimum absolute atomic E-state index is 0.0668. The molecule has 0 unspecified atom stereocenters. The van der Waals surface area contributed by atoms with Crippen molar-refractivity contribution in [2.45, 2.75) is 246 Å². The van der Waals surface area contributed by atoms with E-state index in [0.717, 1.165) is 76.0 Å². The first kappa shape index (κ1) is 49.4. The number of carbonyl (C=O) groups excluding carboxylic acids is 3. The van der Waals surface area contributed by atoms with E-state index < -0.39 is 6.10 Å². The maximum absolute atomic E-state index is 12.6. The SMILES string of the molecule is CCCCCCCC(=O)OC[C@H](COC(=O)CCCCCCCCCCCCCCCCCCC(C)C)OC(=O)CCCCCCCCC(C)C. The number of hydrogen-bond acceptors (Lipinski definition) is 6. The zero-order valence-corrected chi connectivity index (χ0v) is 34.7. The lowest BCUT2D eigenvalue weighted by Gasteiger charge is -2.18. The number of ether oxygens (including phenoxy) is 3. The molecule has 0 saturated carbocycles. The minimum atomic E-state index is -0.758. The third kappa shape index (κ3) is 39.5. The molecule has 0 aliphatic heterocycles. The van der Waals surface area contributed by atoms with Gasteiger partial charge in [0.05, 0.1) is 0 Å². The van der Waals surface area contributed by atoms with Crippen LogP contribution in [0.25, 0.3) is 0 Å². The highest BCUT2D eigenvalue weighted by atomic mass is 16.6. The standard InChI is InChI=1S/C45H86O6/c1-6-7-8-23-30-35-43(46)49-38-42(51-45(48)37-32-27-22-21-25-29-34-41(4)5)39-50-44(47)36-31-26-20-18-16-14-12-10-9-11-13-15-17-19-24-28-33-40(2)3/h40-42H,6-39H2,1-5H3/t42-/m1/s1. The van der Waals surface area contributed by atoms with Crippen LogP contribution in [0.3, 0.4) is 0 Å². The fourth-order valence-electron chi connectivity index (χ4n) is 6.58. The largest absolute Gasteiger partial charge is 0.462 e. The van der Waals surface area contributed by atoms with Gasteiger partial charge in [0.25, 0.3) is 0 Å². The Morgan fingerprint density at radius 3 is 0.961 bits per heavy atom. The maximum Gasteiger partial charge on any atom is 0.306 e. The van der Waals surface area contributed by atoms with Crippen molar-refractivity contribution in [3.05, 3.63) is 0 Å². The predicted octanol–water partition coefficient (Wildman–Crippen LogP) is 13.8. The monoisotopic (exact) mass is 723 g/mol. The average molecular weight is 723 g/mol. The molecule has 0 aromatic heterocycles. The number of carbonyl (C=O) groups is 3. The summed E-state index contributed by atoms with van der Waals surface area (Å²) in [5.41, 5.74) is 0. The van der Waals surface area contributed by atoms with Gasteiger partial charge in [-0.2, -0.15) is 0 Å². The normalized spacial score (nSPS) is 12.1. The molecule has 302 valence electrons. The second kappa shape index (κ2) is 38.1. The lowest BCUT2D eigenvalue weighted by molar-refractivity contribution is -0.167. The molecule has 0 bridgehead atoms. The summed E-state index contributed by atoms with van der Waals surface area (Å²) in [6.45, 7) is 11.2. The summed E-state index contributed by atoms with van der Waals surface area (Å²) in [5, 5.41) is 0. The van der Waals surface area contributed by atoms with Crippen LogP contribution < -0.4 is 0 Å². The highest BCUT2D eigenvalue weighted by Crippen LogP contribution is 2.16. The molecule has 6 nitrogen and oxygen atoms in total. The Morgan fingerprint density at radius 1 is 0.373 bits per heavy atom. The van der Waals surface area contributed by atoms with Crippen LogP contribution in [-0.4, -0.2) is 37.2 Å². The summed E-state index contributed by atoms with van der Waals surface area (Å²) in [5.74, 6) is 0.734. The van der Waals surface area contributed by atoms with Gasteiger partial charge in [-0.15, -0.1) is 0 Å². The molecule has 0 N–H and O–H groups in total. The zero-order valence-electron chi connectivity index (χ0n) is 34.7. The molecule has 0 aliphatic rings. The zero-order chi connectivity index (χ0) is 37.6. The molecular formula is C45H86O6. The van der Waals surface area contributed by atoms with Crippen molar-refractivity contribution >= 4 is 17.9 Å². The van der Waals surface area contributed by atoms with Crippen molar-refractivity contribution < 1.29 is 28.6 Å². The summed E-state index contributed by atoms with van der Waals surface area (Å²) < 4.78 is 16.6. The molecule has 0 rings (SSSR count). The van der Waals surface area contributed by atoms with Crippen LogP contribution in [0, 0.1) is 11.8 Å². The molecule has 0 heterocycles. The van der Waals surface area contributed by atoms with E-state index in [0.29, 0.717) is 19.3 Å². The van der Waals surface area contributed by atoms with E-state index >= 15 is 0 Å². The Morgan fingerprint density at radius 2 is 0.647 bits per heavy atom. The minimum Gasteiger partial charge on any atom is -0.462 e. The van der Waals surface area contributed by atoms with Gasteiger partial charge in [-0.05, 0) is 31.1 Å². The predicted molar refractivity (Wildman–Crippen MR) is 215 cm³/mol. The summed E-state index contributed by atoms with van der Waals surface area (Å²) in [4.78, 5) is 37.3. The van der Waals surface area contributed by atoms with E-state index in [4.69, 9.17) is 14.2 Å². The molecule has 0 spiro atoms. The van der Waals surface area contributed by atoms with Crippen LogP contribution in [0.15, 0.2) is 0 Å². The molecule has 0 radical (unpaired) electrons. The highest BCUT2D eigenvalue weighted by Gasteiger charge is 2.19. The van der Waals surface area contributed by atoms with Gasteiger partial charge >= 0.3 is 17.9 Å². The van der Waals surface area contributed by atoms with E-state index in [-0.39, 0.29) is 31.1 Å². The fourth-order valence-corrected chi connectivity index (χ4v) is 6.58. The van der Waals surface area contributed by atoms with Gasteiger partial charge in [0, 0.05) is 19.3 Å². The van der Waals surface area contributed by atoms with Crippen molar-refractivity contribution in [3.63, 3.8) is 0 Å². The molecule has 0 saturated heterocycles. The van der Waals surface area contributed by atoms with Gasteiger partial charge in [0.2, 0.25) is 0 Å². The van der Waals surface area contributed by atoms with Gasteiger partial charge in [0.15, 0.2) is 6.10 Å². The summed E-state index contributed by atoms with van der Waals surface area (Å²) in [6.07, 6.45) is 35.7. The third-order valence-corrected chi connectivity index (χ3v) is 9.97. The Labute approximate surface area is 317 Å². The number of unbranched alkanes of at least 4 members (excludes halogenated alkanes) is 24. The number of hydrogen-bond donors (Lipinski definition) is 0. The van der Waals surface area contributed by atoms with Crippen LogP contribution >= 0.6 is 0 Å². The summed E-state index contributed by atoms with van der Waals surface area (Å²) >= 11 is 0. The molecule has 0 amide bonds. The van der Waals surface area contributed by atoms with Crippen LogP contribution in [-0.2, 0) is 28.6 Å². The molecule has 0 aromatic rings. The lowest BCUT2D eigenvalue weighted by Crippen LogP contribution is -2.30. The van der Waals surface area contributed by atoms with Gasteiger partial charge < -0.3 is 14.2 Å². The van der Waals surface area contributed by atoms with Gasteiger partial charge in [-0.25, -0.2) is 0 Å². The molecular weight excluding hydrogens is 636 g/mol. The van der Waals surface area contributed by atoms with Gasteiger partial charge in [-0.1, -0.05) is 202 Å². The van der Waals surface area contributed by atoms with Gasteiger partial charge in [0.1, 0.15) is 13.2 Å². The molecule has 51 heavy (non-hydrogen) atoms. The Balaban J connectivity index is 4.08. The average Bonchev–Trinajstić information content (AvgIpc) is 3.09. The Kier molecular flexibility index (Phi) is 37.0. The van der Waals surface area contributed by atoms with E-state index in [1.54, 1.807) is 0 Å². The molecule has 0 aliphatic carbocycles. The van der Waals surface area contributed by atoms with Crippen molar-refractivity contribution in [1.82, 2.24) is 0 Å². The summed E-state index contributed by atoms with van der Waals surface area (Å²) in [6, 6.07) is 0. The number of rotatable bonds is 39. The molecule has 0 fully saturated rings. The van der Waals surface area contributed by atoms with E-state index in [1.807, 2.05) is 0 Å². The van der Waals surface area contributed by atoms with Crippen molar-refractivity contribution in [1.29, 1.82) is 0 Å². The molecule has 0 aromatic carbocycles. The van der Waals surface area contributed by atoms with E-state index in [2.05, 4.69) is 34.6 Å². The van der Waals surface area contributed by atoms with E-state index in [9.17, 15) is 14.4 Å². The van der Waals surface area contributed by atoms with Crippen LogP contribution in [0.5, 0.6) is 0 Å². The second-order valence-electron chi connectivity index (χ2n) is 16.3. The second-order valence-corrected chi connectivity index (χ2v) is 16.3. The van der Waals surface area contributed by atoms with Gasteiger partial charge in [-0.3, -0.25) is 14.4 Å².